The van der Waals surface area contributed by atoms with Gasteiger partial charge in [-0.25, -0.2) is 0 Å². The maximum Gasteiger partial charge on any atom is 0.320 e. The number of hydrogen-bond acceptors (Lipinski definition) is 3. The van der Waals surface area contributed by atoms with Crippen LogP contribution in [0.3, 0.4) is 0 Å². The summed E-state index contributed by atoms with van der Waals surface area (Å²) in [7, 11) is 0. The van der Waals surface area contributed by atoms with Crippen molar-refractivity contribution < 1.29 is 9.53 Å². The van der Waals surface area contributed by atoms with E-state index in [1.165, 1.54) is 12.8 Å². The maximum absolute atomic E-state index is 11.4. The van der Waals surface area contributed by atoms with Crippen LogP contribution in [0.4, 0.5) is 0 Å². The SMILES string of the molecule is O=C(CNC1CC1)OCc1ccccc1Br. The van der Waals surface area contributed by atoms with Crippen LogP contribution in [-0.2, 0) is 16.1 Å². The molecule has 86 valence electrons. The summed E-state index contributed by atoms with van der Waals surface area (Å²) < 4.78 is 6.13. The summed E-state index contributed by atoms with van der Waals surface area (Å²) in [5.41, 5.74) is 0.988. The third-order valence-corrected chi connectivity index (χ3v) is 3.23. The molecular weight excluding hydrogens is 270 g/mol. The Morgan fingerprint density at radius 2 is 2.19 bits per heavy atom. The van der Waals surface area contributed by atoms with Gasteiger partial charge in [-0.15, -0.1) is 0 Å². The summed E-state index contributed by atoms with van der Waals surface area (Å²) in [6.07, 6.45) is 2.36. The molecule has 0 radical (unpaired) electrons. The molecule has 1 aliphatic rings. The van der Waals surface area contributed by atoms with E-state index in [1.54, 1.807) is 0 Å². The molecule has 1 fully saturated rings. The zero-order valence-electron chi connectivity index (χ0n) is 8.91. The van der Waals surface area contributed by atoms with Gasteiger partial charge in [0.05, 0.1) is 6.54 Å². The molecule has 0 unspecified atom stereocenters. The van der Waals surface area contributed by atoms with Crippen LogP contribution in [0, 0.1) is 0 Å². The van der Waals surface area contributed by atoms with E-state index < -0.39 is 0 Å². The number of hydrogen-bond donors (Lipinski definition) is 1. The number of ether oxygens (including phenoxy) is 1. The zero-order chi connectivity index (χ0) is 11.4. The molecule has 1 N–H and O–H groups in total. The van der Waals surface area contributed by atoms with Gasteiger partial charge in [0.1, 0.15) is 6.61 Å². The second-order valence-corrected chi connectivity index (χ2v) is 4.76. The van der Waals surface area contributed by atoms with Crippen LogP contribution in [-0.4, -0.2) is 18.6 Å². The van der Waals surface area contributed by atoms with E-state index in [0.717, 1.165) is 10.0 Å². The van der Waals surface area contributed by atoms with E-state index in [-0.39, 0.29) is 5.97 Å². The Kier molecular flexibility index (Phi) is 3.96. The summed E-state index contributed by atoms with van der Waals surface area (Å²) >= 11 is 3.41. The fourth-order valence-corrected chi connectivity index (χ4v) is 1.74. The number of carbonyl (C=O) groups excluding carboxylic acids is 1. The number of benzene rings is 1. The Hall–Kier alpha value is -0.870. The molecule has 16 heavy (non-hydrogen) atoms. The smallest absolute Gasteiger partial charge is 0.320 e. The van der Waals surface area contributed by atoms with Crippen molar-refractivity contribution in [3.05, 3.63) is 34.3 Å². The highest BCUT2D eigenvalue weighted by molar-refractivity contribution is 9.10. The van der Waals surface area contributed by atoms with Crippen molar-refractivity contribution >= 4 is 21.9 Å². The van der Waals surface area contributed by atoms with Crippen LogP contribution < -0.4 is 5.32 Å². The van der Waals surface area contributed by atoms with Gasteiger partial charge in [0.15, 0.2) is 0 Å². The normalized spacial score (nSPS) is 14.8. The average molecular weight is 284 g/mol. The minimum Gasteiger partial charge on any atom is -0.460 e. The molecule has 0 saturated heterocycles. The zero-order valence-corrected chi connectivity index (χ0v) is 10.5. The lowest BCUT2D eigenvalue weighted by Crippen LogP contribution is -2.26. The molecule has 4 heteroatoms. The standard InChI is InChI=1S/C12H14BrNO2/c13-11-4-2-1-3-9(11)8-16-12(15)7-14-10-5-6-10/h1-4,10,14H,5-8H2. The number of esters is 1. The third-order valence-electron chi connectivity index (χ3n) is 2.46. The highest BCUT2D eigenvalue weighted by Crippen LogP contribution is 2.18. The van der Waals surface area contributed by atoms with Gasteiger partial charge in [-0.2, -0.15) is 0 Å². The third kappa shape index (κ3) is 3.61. The molecule has 2 rings (SSSR count). The number of halogens is 1. The van der Waals surface area contributed by atoms with Crippen molar-refractivity contribution in [2.24, 2.45) is 0 Å². The van der Waals surface area contributed by atoms with Gasteiger partial charge < -0.3 is 10.1 Å². The second-order valence-electron chi connectivity index (χ2n) is 3.91. The van der Waals surface area contributed by atoms with Gasteiger partial charge in [-0.1, -0.05) is 34.1 Å². The maximum atomic E-state index is 11.4. The first-order valence-corrected chi connectivity index (χ1v) is 6.17. The molecule has 3 nitrogen and oxygen atoms in total. The van der Waals surface area contributed by atoms with Crippen LogP contribution in [0.2, 0.25) is 0 Å². The summed E-state index contributed by atoms with van der Waals surface area (Å²) in [4.78, 5) is 11.4. The predicted octanol–water partition coefficient (Wildman–Crippen LogP) is 2.24. The van der Waals surface area contributed by atoms with Crippen molar-refractivity contribution in [1.29, 1.82) is 0 Å². The molecule has 1 aromatic carbocycles. The highest BCUT2D eigenvalue weighted by Gasteiger charge is 2.21. The molecular formula is C12H14BrNO2. The van der Waals surface area contributed by atoms with E-state index in [0.29, 0.717) is 19.2 Å². The topological polar surface area (TPSA) is 38.3 Å². The minimum absolute atomic E-state index is 0.192. The molecule has 0 aromatic heterocycles. The van der Waals surface area contributed by atoms with Crippen molar-refractivity contribution in [2.75, 3.05) is 6.54 Å². The van der Waals surface area contributed by atoms with E-state index in [9.17, 15) is 4.79 Å². The molecule has 1 aromatic rings. The van der Waals surface area contributed by atoms with Gasteiger partial charge in [-0.3, -0.25) is 4.79 Å². The fraction of sp³-hybridized carbons (Fsp3) is 0.417. The Labute approximate surface area is 103 Å². The first kappa shape index (κ1) is 11.6. The molecule has 0 bridgehead atoms. The van der Waals surface area contributed by atoms with Crippen LogP contribution in [0.1, 0.15) is 18.4 Å². The Bertz CT molecular complexity index is 377. The Balaban J connectivity index is 1.73. The van der Waals surface area contributed by atoms with E-state index in [4.69, 9.17) is 4.74 Å². The quantitative estimate of drug-likeness (QED) is 0.843. The molecule has 1 aliphatic carbocycles. The van der Waals surface area contributed by atoms with E-state index in [2.05, 4.69) is 21.2 Å². The lowest BCUT2D eigenvalue weighted by Gasteiger charge is -2.06. The largest absolute Gasteiger partial charge is 0.460 e. The monoisotopic (exact) mass is 283 g/mol. The van der Waals surface area contributed by atoms with Gasteiger partial charge in [0.2, 0.25) is 0 Å². The molecule has 0 amide bonds. The lowest BCUT2D eigenvalue weighted by molar-refractivity contribution is -0.143. The molecule has 0 spiro atoms. The molecule has 0 aliphatic heterocycles. The molecule has 0 atom stereocenters. The fourth-order valence-electron chi connectivity index (χ4n) is 1.34. The highest BCUT2D eigenvalue weighted by atomic mass is 79.9. The summed E-state index contributed by atoms with van der Waals surface area (Å²) in [6.45, 7) is 0.641. The van der Waals surface area contributed by atoms with Crippen LogP contribution in [0.15, 0.2) is 28.7 Å². The predicted molar refractivity (Wildman–Crippen MR) is 65.0 cm³/mol. The second kappa shape index (κ2) is 5.46. The molecule has 1 saturated carbocycles. The van der Waals surface area contributed by atoms with Crippen molar-refractivity contribution in [1.82, 2.24) is 5.32 Å². The van der Waals surface area contributed by atoms with E-state index >= 15 is 0 Å². The molecule has 0 heterocycles. The minimum atomic E-state index is -0.192. The van der Waals surface area contributed by atoms with Crippen molar-refractivity contribution in [3.8, 4) is 0 Å². The van der Waals surface area contributed by atoms with E-state index in [1.807, 2.05) is 24.3 Å². The average Bonchev–Trinajstić information content (AvgIpc) is 3.09. The van der Waals surface area contributed by atoms with Crippen LogP contribution in [0.25, 0.3) is 0 Å². The summed E-state index contributed by atoms with van der Waals surface area (Å²) in [5, 5.41) is 3.12. The van der Waals surface area contributed by atoms with Crippen molar-refractivity contribution in [3.63, 3.8) is 0 Å². The number of nitrogens with one attached hydrogen (secondary N) is 1. The van der Waals surface area contributed by atoms with Gasteiger partial charge in [0.25, 0.3) is 0 Å². The van der Waals surface area contributed by atoms with Gasteiger partial charge in [0, 0.05) is 16.1 Å². The Morgan fingerprint density at radius 3 is 2.88 bits per heavy atom. The van der Waals surface area contributed by atoms with Crippen LogP contribution in [0.5, 0.6) is 0 Å². The first-order chi connectivity index (χ1) is 7.75. The van der Waals surface area contributed by atoms with Crippen LogP contribution >= 0.6 is 15.9 Å². The Morgan fingerprint density at radius 1 is 1.44 bits per heavy atom. The lowest BCUT2D eigenvalue weighted by atomic mass is 10.2. The summed E-state index contributed by atoms with van der Waals surface area (Å²) in [5.74, 6) is -0.192. The number of rotatable bonds is 5. The number of carbonyl (C=O) groups is 1. The first-order valence-electron chi connectivity index (χ1n) is 5.38. The van der Waals surface area contributed by atoms with Gasteiger partial charge in [-0.05, 0) is 18.9 Å². The summed E-state index contributed by atoms with van der Waals surface area (Å²) in [6, 6.07) is 8.27. The van der Waals surface area contributed by atoms with Crippen molar-refractivity contribution in [2.45, 2.75) is 25.5 Å². The van der Waals surface area contributed by atoms with Gasteiger partial charge >= 0.3 is 5.97 Å².